The highest BCUT2D eigenvalue weighted by molar-refractivity contribution is 5.81. The van der Waals surface area contributed by atoms with Crippen molar-refractivity contribution in [1.29, 1.82) is 0 Å². The molecule has 0 bridgehead atoms. The second-order valence-electron chi connectivity index (χ2n) is 4.42. The minimum Gasteiger partial charge on any atom is -0.361 e. The zero-order valence-electron chi connectivity index (χ0n) is 10.9. The van der Waals surface area contributed by atoms with Crippen molar-refractivity contribution >= 4 is 17.7 Å². The molecular weight excluding hydrogens is 230 g/mol. The van der Waals surface area contributed by atoms with Crippen molar-refractivity contribution < 1.29 is 4.79 Å². The molecule has 1 saturated heterocycles. The predicted octanol–water partition coefficient (Wildman–Crippen LogP) is 0.861. The molecule has 18 heavy (non-hydrogen) atoms. The van der Waals surface area contributed by atoms with Crippen LogP contribution in [0.5, 0.6) is 0 Å². The van der Waals surface area contributed by atoms with Crippen molar-refractivity contribution in [2.24, 2.45) is 0 Å². The van der Waals surface area contributed by atoms with E-state index in [1.165, 1.54) is 0 Å². The van der Waals surface area contributed by atoms with Crippen LogP contribution < -0.4 is 10.6 Å². The maximum absolute atomic E-state index is 11.9. The van der Waals surface area contributed by atoms with E-state index in [1.54, 1.807) is 13.2 Å². The molecular formula is C12H19N5O. The number of nitrogens with zero attached hydrogens (tertiary/aromatic N) is 3. The fraction of sp³-hybridized carbons (Fsp3) is 0.583. The van der Waals surface area contributed by atoms with Crippen LogP contribution in [0.15, 0.2) is 6.20 Å². The summed E-state index contributed by atoms with van der Waals surface area (Å²) in [4.78, 5) is 22.2. The molecule has 2 N–H and O–H groups in total. The van der Waals surface area contributed by atoms with Crippen LogP contribution in [-0.2, 0) is 4.79 Å². The summed E-state index contributed by atoms with van der Waals surface area (Å²) in [6, 6.07) is 0. The summed E-state index contributed by atoms with van der Waals surface area (Å²) in [7, 11) is 1.77. The van der Waals surface area contributed by atoms with Gasteiger partial charge in [0.15, 0.2) is 0 Å². The molecule has 1 aliphatic heterocycles. The summed E-state index contributed by atoms with van der Waals surface area (Å²) < 4.78 is 0. The van der Waals surface area contributed by atoms with E-state index >= 15 is 0 Å². The zero-order chi connectivity index (χ0) is 13.0. The van der Waals surface area contributed by atoms with Gasteiger partial charge in [0.1, 0.15) is 5.82 Å². The Morgan fingerprint density at radius 3 is 2.83 bits per heavy atom. The highest BCUT2D eigenvalue weighted by atomic mass is 16.2. The summed E-state index contributed by atoms with van der Waals surface area (Å²) >= 11 is 0. The van der Waals surface area contributed by atoms with Crippen LogP contribution in [-0.4, -0.2) is 47.5 Å². The minimum absolute atomic E-state index is 0.136. The number of carbonyl (C=O) groups excluding carboxylic acids is 1. The Balaban J connectivity index is 1.94. The van der Waals surface area contributed by atoms with Crippen molar-refractivity contribution in [3.8, 4) is 0 Å². The van der Waals surface area contributed by atoms with Crippen LogP contribution in [0.3, 0.4) is 0 Å². The molecule has 0 saturated carbocycles. The van der Waals surface area contributed by atoms with Crippen molar-refractivity contribution in [3.05, 3.63) is 11.8 Å². The van der Waals surface area contributed by atoms with E-state index in [4.69, 9.17) is 0 Å². The van der Waals surface area contributed by atoms with Gasteiger partial charge in [-0.25, -0.2) is 4.98 Å². The van der Waals surface area contributed by atoms with Crippen molar-refractivity contribution in [2.75, 3.05) is 37.3 Å². The average molecular weight is 249 g/mol. The number of rotatable bonds is 4. The number of aromatic nitrogens is 2. The lowest BCUT2D eigenvalue weighted by Crippen LogP contribution is -2.33. The van der Waals surface area contributed by atoms with E-state index in [0.717, 1.165) is 31.5 Å². The third kappa shape index (κ3) is 2.88. The van der Waals surface area contributed by atoms with E-state index < -0.39 is 0 Å². The van der Waals surface area contributed by atoms with Crippen molar-refractivity contribution in [2.45, 2.75) is 19.8 Å². The lowest BCUT2D eigenvalue weighted by molar-refractivity contribution is -0.128. The summed E-state index contributed by atoms with van der Waals surface area (Å²) in [5.41, 5.74) is 0.934. The smallest absolute Gasteiger partial charge is 0.241 e. The quantitative estimate of drug-likeness (QED) is 0.828. The SMILES string of the molecule is CNc1ncc(C)c(NCC(=O)N2CCCC2)n1. The topological polar surface area (TPSA) is 70.2 Å². The molecule has 98 valence electrons. The predicted molar refractivity (Wildman–Crippen MR) is 70.6 cm³/mol. The highest BCUT2D eigenvalue weighted by Gasteiger charge is 2.17. The lowest BCUT2D eigenvalue weighted by atomic mass is 10.3. The first-order valence-corrected chi connectivity index (χ1v) is 6.23. The van der Waals surface area contributed by atoms with E-state index in [-0.39, 0.29) is 5.91 Å². The Kier molecular flexibility index (Phi) is 3.96. The van der Waals surface area contributed by atoms with Crippen molar-refractivity contribution in [1.82, 2.24) is 14.9 Å². The fourth-order valence-electron chi connectivity index (χ4n) is 1.98. The normalized spacial score (nSPS) is 14.7. The number of anilines is 2. The van der Waals surface area contributed by atoms with Gasteiger partial charge < -0.3 is 15.5 Å². The van der Waals surface area contributed by atoms with Crippen molar-refractivity contribution in [3.63, 3.8) is 0 Å². The minimum atomic E-state index is 0.136. The molecule has 1 aromatic rings. The van der Waals surface area contributed by atoms with E-state index in [1.807, 2.05) is 11.8 Å². The number of nitrogens with one attached hydrogen (secondary N) is 2. The molecule has 0 unspecified atom stereocenters. The summed E-state index contributed by atoms with van der Waals surface area (Å²) in [6.07, 6.45) is 3.96. The van der Waals surface area contributed by atoms with Crippen LogP contribution in [0.2, 0.25) is 0 Å². The van der Waals surface area contributed by atoms with E-state index in [0.29, 0.717) is 18.3 Å². The summed E-state index contributed by atoms with van der Waals surface area (Å²) in [5.74, 6) is 1.40. The Labute approximate surface area is 107 Å². The molecule has 6 nitrogen and oxygen atoms in total. The summed E-state index contributed by atoms with van der Waals surface area (Å²) in [5, 5.41) is 5.96. The third-order valence-electron chi connectivity index (χ3n) is 3.06. The average Bonchev–Trinajstić information content (AvgIpc) is 2.91. The first-order valence-electron chi connectivity index (χ1n) is 6.23. The monoisotopic (exact) mass is 249 g/mol. The highest BCUT2D eigenvalue weighted by Crippen LogP contribution is 2.13. The fourth-order valence-corrected chi connectivity index (χ4v) is 1.98. The van der Waals surface area contributed by atoms with Crippen LogP contribution in [0.25, 0.3) is 0 Å². The second-order valence-corrected chi connectivity index (χ2v) is 4.42. The van der Waals surface area contributed by atoms with Gasteiger partial charge in [-0.2, -0.15) is 4.98 Å². The Hall–Kier alpha value is -1.85. The summed E-state index contributed by atoms with van der Waals surface area (Å²) in [6.45, 7) is 3.97. The van der Waals surface area contributed by atoms with Gasteiger partial charge in [0, 0.05) is 31.9 Å². The van der Waals surface area contributed by atoms with Gasteiger partial charge in [0.25, 0.3) is 0 Å². The maximum Gasteiger partial charge on any atom is 0.241 e. The van der Waals surface area contributed by atoms with Gasteiger partial charge in [-0.3, -0.25) is 4.79 Å². The van der Waals surface area contributed by atoms with Crippen LogP contribution in [0.1, 0.15) is 18.4 Å². The third-order valence-corrected chi connectivity index (χ3v) is 3.06. The number of hydrogen-bond acceptors (Lipinski definition) is 5. The van der Waals surface area contributed by atoms with Gasteiger partial charge in [0.2, 0.25) is 11.9 Å². The number of carbonyl (C=O) groups is 1. The van der Waals surface area contributed by atoms with Gasteiger partial charge in [0.05, 0.1) is 6.54 Å². The molecule has 0 aliphatic carbocycles. The molecule has 1 fully saturated rings. The standard InChI is InChI=1S/C12H19N5O/c1-9-7-15-12(13-2)16-11(9)14-8-10(18)17-5-3-4-6-17/h7H,3-6,8H2,1-2H3,(H2,13,14,15,16). The number of likely N-dealkylation sites (tertiary alicyclic amines) is 1. The first-order chi connectivity index (χ1) is 8.70. The number of amides is 1. The first kappa shape index (κ1) is 12.6. The lowest BCUT2D eigenvalue weighted by Gasteiger charge is -2.16. The van der Waals surface area contributed by atoms with E-state index in [9.17, 15) is 4.79 Å². The Morgan fingerprint density at radius 2 is 2.17 bits per heavy atom. The van der Waals surface area contributed by atoms with Gasteiger partial charge in [-0.05, 0) is 19.8 Å². The number of hydrogen-bond donors (Lipinski definition) is 2. The largest absolute Gasteiger partial charge is 0.361 e. The second kappa shape index (κ2) is 5.66. The zero-order valence-corrected chi connectivity index (χ0v) is 10.9. The molecule has 6 heteroatoms. The molecule has 0 spiro atoms. The molecule has 2 heterocycles. The molecule has 2 rings (SSSR count). The van der Waals surface area contributed by atoms with Gasteiger partial charge in [-0.1, -0.05) is 0 Å². The number of aryl methyl sites for hydroxylation is 1. The molecule has 1 amide bonds. The molecule has 0 radical (unpaired) electrons. The Morgan fingerprint density at radius 1 is 1.44 bits per heavy atom. The maximum atomic E-state index is 11.9. The molecule has 0 aromatic carbocycles. The molecule has 1 aliphatic rings. The molecule has 0 atom stereocenters. The van der Waals surface area contributed by atoms with Crippen LogP contribution in [0.4, 0.5) is 11.8 Å². The van der Waals surface area contributed by atoms with E-state index in [2.05, 4.69) is 20.6 Å². The molecule has 1 aromatic heterocycles. The van der Waals surface area contributed by atoms with Gasteiger partial charge >= 0.3 is 0 Å². The Bertz CT molecular complexity index is 428. The van der Waals surface area contributed by atoms with Gasteiger partial charge in [-0.15, -0.1) is 0 Å². The van der Waals surface area contributed by atoms with Crippen LogP contribution >= 0.6 is 0 Å². The van der Waals surface area contributed by atoms with Crippen LogP contribution in [0, 0.1) is 6.92 Å².